The van der Waals surface area contributed by atoms with E-state index >= 15 is 0 Å². The maximum absolute atomic E-state index is 13.0. The molecular weight excluding hydrogens is 191 g/mol. The molecule has 0 radical (unpaired) electrons. The Labute approximate surface area is 90.9 Å². The lowest BCUT2D eigenvalue weighted by molar-refractivity contribution is 0.316. The second-order valence-corrected chi connectivity index (χ2v) is 4.31. The summed E-state index contributed by atoms with van der Waals surface area (Å²) < 4.78 is 13.0. The number of nitrogens with zero attached hydrogens (tertiary/aromatic N) is 1. The summed E-state index contributed by atoms with van der Waals surface area (Å²) in [7, 11) is 1.90. The lowest BCUT2D eigenvalue weighted by Crippen LogP contribution is -2.26. The largest absolute Gasteiger partial charge is 0.313 e. The molecular formula is C12H19FN2. The Hall–Kier alpha value is -0.960. The molecule has 0 saturated heterocycles. The van der Waals surface area contributed by atoms with Crippen LogP contribution >= 0.6 is 0 Å². The molecule has 2 nitrogen and oxygen atoms in total. The molecule has 1 aromatic rings. The van der Waals surface area contributed by atoms with Crippen LogP contribution in [0.2, 0.25) is 0 Å². The van der Waals surface area contributed by atoms with Crippen molar-refractivity contribution in [3.63, 3.8) is 0 Å². The maximum atomic E-state index is 13.0. The van der Waals surface area contributed by atoms with Crippen molar-refractivity contribution in [1.29, 1.82) is 0 Å². The Kier molecular flexibility index (Phi) is 4.21. The first kappa shape index (κ1) is 12.1. The molecule has 0 fully saturated rings. The van der Waals surface area contributed by atoms with Gasteiger partial charge in [0.25, 0.3) is 0 Å². The molecule has 0 spiro atoms. The van der Waals surface area contributed by atoms with Crippen molar-refractivity contribution < 1.29 is 4.39 Å². The molecule has 0 bridgehead atoms. The van der Waals surface area contributed by atoms with Gasteiger partial charge in [0.15, 0.2) is 0 Å². The number of pyridine rings is 1. The van der Waals surface area contributed by atoms with E-state index in [1.807, 2.05) is 7.05 Å². The van der Waals surface area contributed by atoms with Gasteiger partial charge >= 0.3 is 0 Å². The molecule has 0 saturated carbocycles. The van der Waals surface area contributed by atoms with Gasteiger partial charge in [-0.2, -0.15) is 0 Å². The van der Waals surface area contributed by atoms with Crippen LogP contribution in [0, 0.1) is 17.7 Å². The maximum Gasteiger partial charge on any atom is 0.141 e. The Morgan fingerprint density at radius 3 is 2.40 bits per heavy atom. The Bertz CT molecular complexity index is 312. The SMILES string of the molecule is CNC(c1cncc(F)c1)C(C)C(C)C. The third-order valence-corrected chi connectivity index (χ3v) is 2.97. The third kappa shape index (κ3) is 2.99. The number of hydrogen-bond acceptors (Lipinski definition) is 2. The fraction of sp³-hybridized carbons (Fsp3) is 0.583. The van der Waals surface area contributed by atoms with Crippen LogP contribution in [0.25, 0.3) is 0 Å². The molecule has 1 N–H and O–H groups in total. The Balaban J connectivity index is 2.92. The highest BCUT2D eigenvalue weighted by Crippen LogP contribution is 2.26. The number of nitrogens with one attached hydrogen (secondary N) is 1. The topological polar surface area (TPSA) is 24.9 Å². The minimum absolute atomic E-state index is 0.160. The van der Waals surface area contributed by atoms with Crippen LogP contribution in [0.5, 0.6) is 0 Å². The van der Waals surface area contributed by atoms with E-state index in [2.05, 4.69) is 31.1 Å². The fourth-order valence-corrected chi connectivity index (χ4v) is 1.72. The molecule has 1 heterocycles. The summed E-state index contributed by atoms with van der Waals surface area (Å²) in [6, 6.07) is 1.71. The van der Waals surface area contributed by atoms with Gasteiger partial charge in [0.05, 0.1) is 6.20 Å². The number of rotatable bonds is 4. The van der Waals surface area contributed by atoms with Gasteiger partial charge in [0.2, 0.25) is 0 Å². The van der Waals surface area contributed by atoms with Crippen LogP contribution in [0.15, 0.2) is 18.5 Å². The molecule has 0 aliphatic rings. The first-order valence-electron chi connectivity index (χ1n) is 5.34. The monoisotopic (exact) mass is 210 g/mol. The van der Waals surface area contributed by atoms with E-state index in [-0.39, 0.29) is 11.9 Å². The van der Waals surface area contributed by atoms with Crippen LogP contribution in [0.1, 0.15) is 32.4 Å². The highest BCUT2D eigenvalue weighted by Gasteiger charge is 2.20. The molecule has 2 atom stereocenters. The first-order chi connectivity index (χ1) is 7.06. The van der Waals surface area contributed by atoms with Gasteiger partial charge in [-0.05, 0) is 30.5 Å². The van der Waals surface area contributed by atoms with Gasteiger partial charge < -0.3 is 5.32 Å². The van der Waals surface area contributed by atoms with Crippen LogP contribution in [-0.4, -0.2) is 12.0 Å². The second kappa shape index (κ2) is 5.21. The average Bonchev–Trinajstić information content (AvgIpc) is 2.18. The van der Waals surface area contributed by atoms with E-state index in [0.29, 0.717) is 11.8 Å². The first-order valence-corrected chi connectivity index (χ1v) is 5.34. The van der Waals surface area contributed by atoms with Gasteiger partial charge in [-0.25, -0.2) is 4.39 Å². The predicted octanol–water partition coefficient (Wildman–Crippen LogP) is 2.77. The number of aromatic nitrogens is 1. The van der Waals surface area contributed by atoms with Crippen molar-refractivity contribution in [3.05, 3.63) is 29.8 Å². The van der Waals surface area contributed by atoms with E-state index in [1.165, 1.54) is 6.20 Å². The zero-order valence-electron chi connectivity index (χ0n) is 9.79. The van der Waals surface area contributed by atoms with Crippen molar-refractivity contribution in [3.8, 4) is 0 Å². The lowest BCUT2D eigenvalue weighted by Gasteiger charge is -2.26. The molecule has 84 valence electrons. The Morgan fingerprint density at radius 2 is 1.93 bits per heavy atom. The van der Waals surface area contributed by atoms with E-state index < -0.39 is 0 Å². The molecule has 3 heteroatoms. The zero-order chi connectivity index (χ0) is 11.4. The minimum atomic E-state index is -0.274. The molecule has 0 aromatic carbocycles. The summed E-state index contributed by atoms with van der Waals surface area (Å²) >= 11 is 0. The van der Waals surface area contributed by atoms with E-state index in [4.69, 9.17) is 0 Å². The molecule has 0 aliphatic carbocycles. The highest BCUT2D eigenvalue weighted by atomic mass is 19.1. The smallest absolute Gasteiger partial charge is 0.141 e. The molecule has 1 aromatic heterocycles. The van der Waals surface area contributed by atoms with E-state index in [1.54, 1.807) is 12.3 Å². The van der Waals surface area contributed by atoms with Crippen LogP contribution < -0.4 is 5.32 Å². The molecule has 2 unspecified atom stereocenters. The summed E-state index contributed by atoms with van der Waals surface area (Å²) in [5.74, 6) is 0.716. The van der Waals surface area contributed by atoms with Gasteiger partial charge in [0, 0.05) is 12.2 Å². The van der Waals surface area contributed by atoms with Gasteiger partial charge in [-0.1, -0.05) is 20.8 Å². The van der Waals surface area contributed by atoms with Crippen LogP contribution in [0.4, 0.5) is 4.39 Å². The second-order valence-electron chi connectivity index (χ2n) is 4.31. The predicted molar refractivity (Wildman–Crippen MR) is 60.0 cm³/mol. The van der Waals surface area contributed by atoms with E-state index in [9.17, 15) is 4.39 Å². The number of halogens is 1. The van der Waals surface area contributed by atoms with Crippen molar-refractivity contribution >= 4 is 0 Å². The van der Waals surface area contributed by atoms with E-state index in [0.717, 1.165) is 5.56 Å². The normalized spacial score (nSPS) is 15.3. The van der Waals surface area contributed by atoms with Crippen molar-refractivity contribution in [2.75, 3.05) is 7.05 Å². The quantitative estimate of drug-likeness (QED) is 0.826. The minimum Gasteiger partial charge on any atom is -0.313 e. The average molecular weight is 210 g/mol. The highest BCUT2D eigenvalue weighted by molar-refractivity contribution is 5.16. The lowest BCUT2D eigenvalue weighted by atomic mass is 9.87. The van der Waals surface area contributed by atoms with Gasteiger partial charge in [-0.15, -0.1) is 0 Å². The van der Waals surface area contributed by atoms with Crippen molar-refractivity contribution in [1.82, 2.24) is 10.3 Å². The van der Waals surface area contributed by atoms with Crippen molar-refractivity contribution in [2.45, 2.75) is 26.8 Å². The standard InChI is InChI=1S/C12H19FN2/c1-8(2)9(3)12(14-4)10-5-11(13)7-15-6-10/h5-9,12,14H,1-4H3. The van der Waals surface area contributed by atoms with Crippen LogP contribution in [0.3, 0.4) is 0 Å². The summed E-state index contributed by atoms with van der Waals surface area (Å²) in [5, 5.41) is 3.22. The summed E-state index contributed by atoms with van der Waals surface area (Å²) in [6.07, 6.45) is 2.96. The molecule has 0 aliphatic heterocycles. The third-order valence-electron chi connectivity index (χ3n) is 2.97. The van der Waals surface area contributed by atoms with Crippen molar-refractivity contribution in [2.24, 2.45) is 11.8 Å². The van der Waals surface area contributed by atoms with Gasteiger partial charge in [0.1, 0.15) is 5.82 Å². The molecule has 1 rings (SSSR count). The summed E-state index contributed by atoms with van der Waals surface area (Å²) in [5.41, 5.74) is 0.915. The summed E-state index contributed by atoms with van der Waals surface area (Å²) in [6.45, 7) is 6.50. The Morgan fingerprint density at radius 1 is 1.27 bits per heavy atom. The fourth-order valence-electron chi connectivity index (χ4n) is 1.72. The summed E-state index contributed by atoms with van der Waals surface area (Å²) in [4.78, 5) is 3.88. The van der Waals surface area contributed by atoms with Gasteiger partial charge in [-0.3, -0.25) is 4.98 Å². The molecule has 0 amide bonds. The van der Waals surface area contributed by atoms with Crippen LogP contribution in [-0.2, 0) is 0 Å². The molecule has 15 heavy (non-hydrogen) atoms. The number of hydrogen-bond donors (Lipinski definition) is 1. The zero-order valence-corrected chi connectivity index (χ0v) is 9.79.